The zero-order valence-corrected chi connectivity index (χ0v) is 18.7. The van der Waals surface area contributed by atoms with Gasteiger partial charge in [-0.15, -0.1) is 0 Å². The number of benzene rings is 2. The molecule has 1 unspecified atom stereocenters. The number of nitrogens with zero attached hydrogens (tertiary/aromatic N) is 4. The number of fused-ring (bicyclic) bond motifs is 1. The number of amides is 1. The topological polar surface area (TPSA) is 97.2 Å². The third-order valence-electron chi connectivity index (χ3n) is 5.36. The maximum atomic E-state index is 12.8. The Kier molecular flexibility index (Phi) is 5.30. The molecule has 0 aliphatic carbocycles. The highest BCUT2D eigenvalue weighted by molar-refractivity contribution is 7.92. The molecule has 0 fully saturated rings. The fourth-order valence-corrected chi connectivity index (χ4v) is 4.58. The van der Waals surface area contributed by atoms with Crippen LogP contribution in [0.5, 0.6) is 0 Å². The van der Waals surface area contributed by atoms with E-state index in [1.54, 1.807) is 29.2 Å². The van der Waals surface area contributed by atoms with Gasteiger partial charge >= 0.3 is 0 Å². The van der Waals surface area contributed by atoms with Gasteiger partial charge in [0.05, 0.1) is 17.9 Å². The molecule has 3 aromatic rings. The number of carbonyl (C=O) groups excluding carboxylic acids is 1. The second kappa shape index (κ2) is 7.81. The molecule has 1 aliphatic rings. The lowest BCUT2D eigenvalue weighted by Gasteiger charge is -2.16. The minimum absolute atomic E-state index is 0.139. The lowest BCUT2D eigenvalue weighted by atomic mass is 9.98. The molecule has 1 aromatic heterocycles. The van der Waals surface area contributed by atoms with Crippen molar-refractivity contribution in [3.05, 3.63) is 71.3 Å². The van der Waals surface area contributed by atoms with Crippen molar-refractivity contribution in [3.8, 4) is 0 Å². The summed E-state index contributed by atoms with van der Waals surface area (Å²) < 4.78 is 27.8. The van der Waals surface area contributed by atoms with Gasteiger partial charge in [-0.1, -0.05) is 17.7 Å². The molecule has 0 radical (unpaired) electrons. The highest BCUT2D eigenvalue weighted by Crippen LogP contribution is 2.41. The van der Waals surface area contributed by atoms with E-state index in [4.69, 9.17) is 0 Å². The number of aromatic nitrogens is 3. The second-order valence-electron chi connectivity index (χ2n) is 8.12. The zero-order valence-electron chi connectivity index (χ0n) is 17.9. The third-order valence-corrected chi connectivity index (χ3v) is 6.51. The van der Waals surface area contributed by atoms with Crippen molar-refractivity contribution in [2.24, 2.45) is 0 Å². The molecule has 1 aliphatic heterocycles. The number of nitrogens with one attached hydrogen (secondary N) is 1. The number of carbonyl (C=O) groups is 1. The molecular formula is C22H25N5O3S. The van der Waals surface area contributed by atoms with Crippen molar-refractivity contribution in [3.63, 3.8) is 0 Å². The van der Waals surface area contributed by atoms with Crippen LogP contribution in [-0.2, 0) is 10.0 Å². The Morgan fingerprint density at radius 3 is 2.48 bits per heavy atom. The lowest BCUT2D eigenvalue weighted by Crippen LogP contribution is -2.29. The van der Waals surface area contributed by atoms with E-state index >= 15 is 0 Å². The summed E-state index contributed by atoms with van der Waals surface area (Å²) in [6.07, 6.45) is 2.83. The fraction of sp³-hybridized carbons (Fsp3) is 0.318. The van der Waals surface area contributed by atoms with E-state index in [1.807, 2.05) is 45.0 Å². The van der Waals surface area contributed by atoms with E-state index < -0.39 is 10.0 Å². The van der Waals surface area contributed by atoms with Crippen LogP contribution < -0.4 is 9.62 Å². The van der Waals surface area contributed by atoms with E-state index in [0.29, 0.717) is 22.8 Å². The molecule has 0 bridgehead atoms. The molecule has 162 valence electrons. The molecule has 1 amide bonds. The number of anilines is 2. The maximum absolute atomic E-state index is 12.8. The van der Waals surface area contributed by atoms with Gasteiger partial charge < -0.3 is 5.32 Å². The van der Waals surface area contributed by atoms with E-state index in [1.165, 1.54) is 10.6 Å². The average Bonchev–Trinajstić information content (AvgIpc) is 3.33. The highest BCUT2D eigenvalue weighted by atomic mass is 32.2. The molecule has 8 nitrogen and oxygen atoms in total. The first-order valence-electron chi connectivity index (χ1n) is 10.0. The van der Waals surface area contributed by atoms with E-state index in [0.717, 1.165) is 11.1 Å². The molecule has 31 heavy (non-hydrogen) atoms. The van der Waals surface area contributed by atoms with Crippen molar-refractivity contribution in [1.29, 1.82) is 0 Å². The van der Waals surface area contributed by atoms with Crippen LogP contribution in [0.4, 0.5) is 11.4 Å². The normalized spacial score (nSPS) is 15.9. The molecule has 2 aromatic carbocycles. The molecule has 2 heterocycles. The first-order chi connectivity index (χ1) is 14.6. The molecule has 0 saturated heterocycles. The minimum atomic E-state index is -3.48. The summed E-state index contributed by atoms with van der Waals surface area (Å²) in [6, 6.07) is 12.7. The molecule has 1 atom stereocenters. The number of aryl methyl sites for hydroxylation is 1. The van der Waals surface area contributed by atoms with Gasteiger partial charge in [0.2, 0.25) is 10.0 Å². The van der Waals surface area contributed by atoms with Crippen molar-refractivity contribution in [2.75, 3.05) is 22.4 Å². The average molecular weight is 440 g/mol. The Hall–Kier alpha value is -3.20. The highest BCUT2D eigenvalue weighted by Gasteiger charge is 2.37. The quantitative estimate of drug-likeness (QED) is 0.658. The monoisotopic (exact) mass is 439 g/mol. The lowest BCUT2D eigenvalue weighted by molar-refractivity contribution is 0.102. The first-order valence-corrected chi connectivity index (χ1v) is 11.9. The van der Waals surface area contributed by atoms with Gasteiger partial charge in [0.1, 0.15) is 6.33 Å². The van der Waals surface area contributed by atoms with Crippen molar-refractivity contribution in [2.45, 2.75) is 32.7 Å². The van der Waals surface area contributed by atoms with E-state index in [2.05, 4.69) is 15.4 Å². The standard InChI is InChI=1S/C22H25N5O3S/c1-14(2)26-13-23-21(25-26)19-12-27(31(4,29)30)20-10-7-16(11-18(19)20)22(28)24-17-8-5-15(3)6-9-17/h5-11,13-14,19H,12H2,1-4H3,(H,24,28). The van der Waals surface area contributed by atoms with Crippen LogP contribution >= 0.6 is 0 Å². The summed E-state index contributed by atoms with van der Waals surface area (Å²) in [7, 11) is -3.48. The number of hydrogen-bond acceptors (Lipinski definition) is 5. The van der Waals surface area contributed by atoms with Crippen molar-refractivity contribution in [1.82, 2.24) is 14.8 Å². The van der Waals surface area contributed by atoms with Crippen LogP contribution in [0.1, 0.15) is 53.1 Å². The molecule has 9 heteroatoms. The summed E-state index contributed by atoms with van der Waals surface area (Å²) in [5.41, 5.74) is 3.53. The van der Waals surface area contributed by atoms with Gasteiger partial charge in [-0.05, 0) is 56.7 Å². The smallest absolute Gasteiger partial charge is 0.255 e. The Balaban J connectivity index is 1.70. The van der Waals surface area contributed by atoms with Crippen LogP contribution in [-0.4, -0.2) is 41.9 Å². The van der Waals surface area contributed by atoms with E-state index in [-0.39, 0.29) is 24.4 Å². The van der Waals surface area contributed by atoms with Gasteiger partial charge in [-0.25, -0.2) is 13.4 Å². The number of rotatable bonds is 5. The van der Waals surface area contributed by atoms with Gasteiger partial charge in [-0.3, -0.25) is 13.8 Å². The summed E-state index contributed by atoms with van der Waals surface area (Å²) >= 11 is 0. The molecular weight excluding hydrogens is 414 g/mol. The van der Waals surface area contributed by atoms with Crippen LogP contribution in [0.15, 0.2) is 48.8 Å². The largest absolute Gasteiger partial charge is 0.322 e. The number of hydrogen-bond donors (Lipinski definition) is 1. The van der Waals surface area contributed by atoms with Crippen LogP contribution in [0.3, 0.4) is 0 Å². The Morgan fingerprint density at radius 1 is 1.16 bits per heavy atom. The van der Waals surface area contributed by atoms with Crippen molar-refractivity contribution < 1.29 is 13.2 Å². The predicted molar refractivity (Wildman–Crippen MR) is 120 cm³/mol. The molecule has 1 N–H and O–H groups in total. The summed E-state index contributed by atoms with van der Waals surface area (Å²) in [5, 5.41) is 7.43. The third kappa shape index (κ3) is 4.18. The minimum Gasteiger partial charge on any atom is -0.322 e. The number of sulfonamides is 1. The summed E-state index contributed by atoms with van der Waals surface area (Å²) in [6.45, 7) is 6.18. The Bertz CT molecular complexity index is 1230. The molecule has 0 spiro atoms. The summed E-state index contributed by atoms with van der Waals surface area (Å²) in [4.78, 5) is 17.3. The molecule has 4 rings (SSSR count). The second-order valence-corrected chi connectivity index (χ2v) is 10.0. The SMILES string of the molecule is Cc1ccc(NC(=O)c2ccc3c(c2)C(c2ncn(C(C)C)n2)CN3S(C)(=O)=O)cc1. The van der Waals surface area contributed by atoms with Gasteiger partial charge in [0.15, 0.2) is 5.82 Å². The first kappa shape index (κ1) is 21.0. The van der Waals surface area contributed by atoms with Crippen LogP contribution in [0, 0.1) is 6.92 Å². The van der Waals surface area contributed by atoms with E-state index in [9.17, 15) is 13.2 Å². The van der Waals surface area contributed by atoms with Gasteiger partial charge in [-0.2, -0.15) is 5.10 Å². The van der Waals surface area contributed by atoms with Gasteiger partial charge in [0, 0.05) is 23.8 Å². The van der Waals surface area contributed by atoms with Crippen molar-refractivity contribution >= 4 is 27.3 Å². The zero-order chi connectivity index (χ0) is 22.3. The predicted octanol–water partition coefficient (Wildman–Crippen LogP) is 3.33. The fourth-order valence-electron chi connectivity index (χ4n) is 3.64. The Labute approximate surface area is 182 Å². The van der Waals surface area contributed by atoms with Gasteiger partial charge in [0.25, 0.3) is 5.91 Å². The van der Waals surface area contributed by atoms with Crippen LogP contribution in [0.2, 0.25) is 0 Å². The summed E-state index contributed by atoms with van der Waals surface area (Å²) in [5.74, 6) is -0.0714. The van der Waals surface area contributed by atoms with Crippen LogP contribution in [0.25, 0.3) is 0 Å². The maximum Gasteiger partial charge on any atom is 0.255 e. The Morgan fingerprint density at radius 2 is 1.87 bits per heavy atom. The molecule has 0 saturated carbocycles.